The molecule has 3 rings (SSSR count). The number of hydrogen-bond donors (Lipinski definition) is 0. The van der Waals surface area contributed by atoms with E-state index in [4.69, 9.17) is 0 Å². The van der Waals surface area contributed by atoms with Crippen LogP contribution in [0.4, 0.5) is 5.69 Å². The van der Waals surface area contributed by atoms with Crippen LogP contribution in [0, 0.1) is 6.92 Å². The Morgan fingerprint density at radius 1 is 1.18 bits per heavy atom. The van der Waals surface area contributed by atoms with Crippen molar-refractivity contribution >= 4 is 5.69 Å². The highest BCUT2D eigenvalue weighted by molar-refractivity contribution is 5.43. The molecule has 0 atom stereocenters. The maximum absolute atomic E-state index is 11.7. The summed E-state index contributed by atoms with van der Waals surface area (Å²) in [6, 6.07) is 3.71. The molecule has 0 unspecified atom stereocenters. The fourth-order valence-electron chi connectivity index (χ4n) is 2.70. The van der Waals surface area contributed by atoms with Crippen molar-refractivity contribution in [3.05, 3.63) is 52.2 Å². The zero-order valence-corrected chi connectivity index (χ0v) is 13.1. The molecule has 1 aliphatic heterocycles. The molecule has 1 aliphatic rings. The Kier molecular flexibility index (Phi) is 4.20. The van der Waals surface area contributed by atoms with Gasteiger partial charge in [-0.05, 0) is 24.1 Å². The predicted molar refractivity (Wildman–Crippen MR) is 85.9 cm³/mol. The minimum Gasteiger partial charge on any atom is -0.368 e. The fourth-order valence-corrected chi connectivity index (χ4v) is 2.70. The van der Waals surface area contributed by atoms with Crippen LogP contribution in [0.2, 0.25) is 0 Å². The summed E-state index contributed by atoms with van der Waals surface area (Å²) < 4.78 is 1.35. The molecule has 0 N–H and O–H groups in total. The average molecular weight is 299 g/mol. The molecule has 0 bridgehead atoms. The highest BCUT2D eigenvalue weighted by atomic mass is 16.1. The molecule has 0 spiro atoms. The van der Waals surface area contributed by atoms with Crippen LogP contribution >= 0.6 is 0 Å². The van der Waals surface area contributed by atoms with Crippen LogP contribution in [0.25, 0.3) is 0 Å². The van der Waals surface area contributed by atoms with Gasteiger partial charge in [0.15, 0.2) is 0 Å². The molecule has 0 radical (unpaired) electrons. The molecule has 0 aromatic carbocycles. The first-order valence-corrected chi connectivity index (χ1v) is 7.53. The SMILES string of the molecule is Cc1ccncc1CN1CCN(c2cnn(C)c(=O)c2)CC1. The summed E-state index contributed by atoms with van der Waals surface area (Å²) in [5.74, 6) is 0. The summed E-state index contributed by atoms with van der Waals surface area (Å²) in [7, 11) is 1.67. The van der Waals surface area contributed by atoms with Gasteiger partial charge in [-0.1, -0.05) is 0 Å². The van der Waals surface area contributed by atoms with Crippen molar-refractivity contribution in [2.24, 2.45) is 7.05 Å². The van der Waals surface area contributed by atoms with Gasteiger partial charge in [-0.15, -0.1) is 0 Å². The van der Waals surface area contributed by atoms with Crippen LogP contribution in [0.3, 0.4) is 0 Å². The van der Waals surface area contributed by atoms with E-state index < -0.39 is 0 Å². The zero-order chi connectivity index (χ0) is 15.5. The Balaban J connectivity index is 1.61. The van der Waals surface area contributed by atoms with Crippen molar-refractivity contribution in [3.8, 4) is 0 Å². The standard InChI is InChI=1S/C16H21N5O/c1-13-3-4-17-10-14(13)12-20-5-7-21(8-6-20)15-9-16(22)19(2)18-11-15/h3-4,9-11H,5-8,12H2,1-2H3. The normalized spacial score (nSPS) is 16.0. The lowest BCUT2D eigenvalue weighted by molar-refractivity contribution is 0.249. The molecule has 2 aromatic rings. The number of nitrogens with zero attached hydrogens (tertiary/aromatic N) is 5. The Hall–Kier alpha value is -2.21. The third kappa shape index (κ3) is 3.17. The summed E-state index contributed by atoms with van der Waals surface area (Å²) in [5, 5.41) is 4.09. The van der Waals surface area contributed by atoms with Gasteiger partial charge in [0.05, 0.1) is 11.9 Å². The highest BCUT2D eigenvalue weighted by Crippen LogP contribution is 2.15. The topological polar surface area (TPSA) is 54.3 Å². The van der Waals surface area contributed by atoms with Gasteiger partial charge in [0.2, 0.25) is 0 Å². The Morgan fingerprint density at radius 3 is 2.64 bits per heavy atom. The van der Waals surface area contributed by atoms with E-state index in [1.165, 1.54) is 15.8 Å². The Morgan fingerprint density at radius 2 is 1.95 bits per heavy atom. The van der Waals surface area contributed by atoms with E-state index in [0.717, 1.165) is 38.4 Å². The quantitative estimate of drug-likeness (QED) is 0.839. The number of anilines is 1. The Labute approximate surface area is 130 Å². The van der Waals surface area contributed by atoms with E-state index >= 15 is 0 Å². The van der Waals surface area contributed by atoms with E-state index in [1.54, 1.807) is 19.3 Å². The van der Waals surface area contributed by atoms with Gasteiger partial charge in [0.1, 0.15) is 0 Å². The first kappa shape index (κ1) is 14.7. The van der Waals surface area contributed by atoms with Crippen molar-refractivity contribution < 1.29 is 0 Å². The van der Waals surface area contributed by atoms with Gasteiger partial charge in [-0.3, -0.25) is 14.7 Å². The average Bonchev–Trinajstić information content (AvgIpc) is 2.53. The lowest BCUT2D eigenvalue weighted by Gasteiger charge is -2.36. The van der Waals surface area contributed by atoms with Crippen molar-refractivity contribution in [3.63, 3.8) is 0 Å². The molecule has 0 aliphatic carbocycles. The molecule has 0 amide bonds. The Bertz CT molecular complexity index is 704. The monoisotopic (exact) mass is 299 g/mol. The summed E-state index contributed by atoms with van der Waals surface area (Å²) in [4.78, 5) is 20.5. The number of pyridine rings is 1. The number of aryl methyl sites for hydroxylation is 2. The molecule has 1 saturated heterocycles. The lowest BCUT2D eigenvalue weighted by atomic mass is 10.1. The minimum atomic E-state index is -0.0640. The first-order chi connectivity index (χ1) is 10.6. The number of aromatic nitrogens is 3. The van der Waals surface area contributed by atoms with E-state index in [2.05, 4.69) is 32.9 Å². The van der Waals surface area contributed by atoms with Gasteiger partial charge >= 0.3 is 0 Å². The summed E-state index contributed by atoms with van der Waals surface area (Å²) in [6.45, 7) is 6.83. The third-order valence-corrected chi connectivity index (χ3v) is 4.23. The molecule has 1 fully saturated rings. The van der Waals surface area contributed by atoms with E-state index in [0.29, 0.717) is 0 Å². The highest BCUT2D eigenvalue weighted by Gasteiger charge is 2.18. The van der Waals surface area contributed by atoms with Gasteiger partial charge in [0.25, 0.3) is 5.56 Å². The van der Waals surface area contributed by atoms with Gasteiger partial charge in [-0.2, -0.15) is 5.10 Å². The smallest absolute Gasteiger partial charge is 0.268 e. The second-order valence-corrected chi connectivity index (χ2v) is 5.74. The molecule has 22 heavy (non-hydrogen) atoms. The molecular formula is C16H21N5O. The molecule has 0 saturated carbocycles. The molecule has 2 aromatic heterocycles. The van der Waals surface area contributed by atoms with Crippen molar-refractivity contribution in [1.29, 1.82) is 0 Å². The first-order valence-electron chi connectivity index (χ1n) is 7.53. The van der Waals surface area contributed by atoms with Crippen molar-refractivity contribution in [1.82, 2.24) is 19.7 Å². The predicted octanol–water partition coefficient (Wildman–Crippen LogP) is 0.806. The molecule has 6 heteroatoms. The maximum Gasteiger partial charge on any atom is 0.268 e. The van der Waals surface area contributed by atoms with Gasteiger partial charge in [-0.25, -0.2) is 4.68 Å². The van der Waals surface area contributed by atoms with Crippen LogP contribution in [-0.4, -0.2) is 45.8 Å². The van der Waals surface area contributed by atoms with Crippen molar-refractivity contribution in [2.45, 2.75) is 13.5 Å². The maximum atomic E-state index is 11.7. The summed E-state index contributed by atoms with van der Waals surface area (Å²) in [6.07, 6.45) is 5.55. The number of rotatable bonds is 3. The fraction of sp³-hybridized carbons (Fsp3) is 0.438. The zero-order valence-electron chi connectivity index (χ0n) is 13.1. The minimum absolute atomic E-state index is 0.0640. The number of hydrogen-bond acceptors (Lipinski definition) is 5. The lowest BCUT2D eigenvalue weighted by Crippen LogP contribution is -2.46. The molecule has 3 heterocycles. The largest absolute Gasteiger partial charge is 0.368 e. The van der Waals surface area contributed by atoms with Crippen LogP contribution in [0.5, 0.6) is 0 Å². The van der Waals surface area contributed by atoms with Crippen LogP contribution < -0.4 is 10.5 Å². The summed E-state index contributed by atoms with van der Waals surface area (Å²) in [5.41, 5.74) is 3.42. The van der Waals surface area contributed by atoms with E-state index in [-0.39, 0.29) is 5.56 Å². The van der Waals surface area contributed by atoms with Crippen LogP contribution in [-0.2, 0) is 13.6 Å². The molecule has 6 nitrogen and oxygen atoms in total. The van der Waals surface area contributed by atoms with Gasteiger partial charge in [0, 0.05) is 58.2 Å². The summed E-state index contributed by atoms with van der Waals surface area (Å²) >= 11 is 0. The molecule has 116 valence electrons. The van der Waals surface area contributed by atoms with E-state index in [9.17, 15) is 4.79 Å². The molecular weight excluding hydrogens is 278 g/mol. The van der Waals surface area contributed by atoms with Gasteiger partial charge < -0.3 is 4.90 Å². The van der Waals surface area contributed by atoms with Crippen LogP contribution in [0.15, 0.2) is 35.5 Å². The van der Waals surface area contributed by atoms with Crippen molar-refractivity contribution in [2.75, 3.05) is 31.1 Å². The van der Waals surface area contributed by atoms with Crippen LogP contribution in [0.1, 0.15) is 11.1 Å². The number of piperazine rings is 1. The van der Waals surface area contributed by atoms with E-state index in [1.807, 2.05) is 12.4 Å². The second kappa shape index (κ2) is 6.27. The second-order valence-electron chi connectivity index (χ2n) is 5.74. The third-order valence-electron chi connectivity index (χ3n) is 4.23.